The Labute approximate surface area is 120 Å². The van der Waals surface area contributed by atoms with Crippen molar-refractivity contribution in [3.05, 3.63) is 23.8 Å². The first-order valence-electron chi connectivity index (χ1n) is 7.12. The van der Waals surface area contributed by atoms with E-state index in [1.807, 2.05) is 19.1 Å². The van der Waals surface area contributed by atoms with Gasteiger partial charge in [-0.25, -0.2) is 0 Å². The zero-order valence-corrected chi connectivity index (χ0v) is 12.3. The molecule has 1 unspecified atom stereocenters. The Morgan fingerprint density at radius 1 is 1.30 bits per heavy atom. The molecular formula is C15H24N2O3. The van der Waals surface area contributed by atoms with E-state index in [-0.39, 0.29) is 6.04 Å². The highest BCUT2D eigenvalue weighted by Gasteiger charge is 2.22. The summed E-state index contributed by atoms with van der Waals surface area (Å²) < 4.78 is 16.4. The SMILES string of the molecule is CCOc1cc(C(CN)N2CCOCC2)ccc1OC. The predicted octanol–water partition coefficient (Wildman–Crippen LogP) is 1.43. The Hall–Kier alpha value is -1.30. The van der Waals surface area contributed by atoms with Gasteiger partial charge < -0.3 is 19.9 Å². The van der Waals surface area contributed by atoms with Crippen molar-refractivity contribution >= 4 is 0 Å². The van der Waals surface area contributed by atoms with Crippen molar-refractivity contribution in [3.8, 4) is 11.5 Å². The number of hydrogen-bond donors (Lipinski definition) is 1. The maximum absolute atomic E-state index is 5.98. The summed E-state index contributed by atoms with van der Waals surface area (Å²) in [6.45, 7) is 6.53. The molecule has 1 heterocycles. The van der Waals surface area contributed by atoms with Crippen molar-refractivity contribution in [1.29, 1.82) is 0 Å². The van der Waals surface area contributed by atoms with Gasteiger partial charge in [-0.3, -0.25) is 4.90 Å². The smallest absolute Gasteiger partial charge is 0.161 e. The summed E-state index contributed by atoms with van der Waals surface area (Å²) >= 11 is 0. The average molecular weight is 280 g/mol. The van der Waals surface area contributed by atoms with Crippen molar-refractivity contribution in [2.75, 3.05) is 46.6 Å². The fraction of sp³-hybridized carbons (Fsp3) is 0.600. The van der Waals surface area contributed by atoms with E-state index in [1.54, 1.807) is 7.11 Å². The summed E-state index contributed by atoms with van der Waals surface area (Å²) in [6, 6.07) is 6.25. The van der Waals surface area contributed by atoms with Crippen LogP contribution in [0.25, 0.3) is 0 Å². The van der Waals surface area contributed by atoms with E-state index in [1.165, 1.54) is 5.56 Å². The Morgan fingerprint density at radius 3 is 2.65 bits per heavy atom. The molecule has 1 aromatic rings. The van der Waals surface area contributed by atoms with Gasteiger partial charge in [-0.1, -0.05) is 6.07 Å². The van der Waals surface area contributed by atoms with E-state index in [4.69, 9.17) is 19.9 Å². The summed E-state index contributed by atoms with van der Waals surface area (Å²) in [4.78, 5) is 2.36. The lowest BCUT2D eigenvalue weighted by Gasteiger charge is -2.34. The van der Waals surface area contributed by atoms with E-state index in [2.05, 4.69) is 11.0 Å². The van der Waals surface area contributed by atoms with Crippen LogP contribution in [0.5, 0.6) is 11.5 Å². The lowest BCUT2D eigenvalue weighted by molar-refractivity contribution is 0.0178. The molecule has 0 bridgehead atoms. The average Bonchev–Trinajstić information content (AvgIpc) is 2.50. The van der Waals surface area contributed by atoms with Crippen LogP contribution in [0.2, 0.25) is 0 Å². The number of methoxy groups -OCH3 is 1. The highest BCUT2D eigenvalue weighted by Crippen LogP contribution is 2.32. The highest BCUT2D eigenvalue weighted by molar-refractivity contribution is 5.44. The summed E-state index contributed by atoms with van der Waals surface area (Å²) in [5, 5.41) is 0. The number of ether oxygens (including phenoxy) is 3. The van der Waals surface area contributed by atoms with Gasteiger partial charge >= 0.3 is 0 Å². The van der Waals surface area contributed by atoms with Gasteiger partial charge in [-0.15, -0.1) is 0 Å². The van der Waals surface area contributed by atoms with E-state index < -0.39 is 0 Å². The van der Waals surface area contributed by atoms with Crippen molar-refractivity contribution in [1.82, 2.24) is 4.90 Å². The van der Waals surface area contributed by atoms with Crippen molar-refractivity contribution in [3.63, 3.8) is 0 Å². The maximum atomic E-state index is 5.98. The molecule has 0 saturated carbocycles. The molecule has 112 valence electrons. The monoisotopic (exact) mass is 280 g/mol. The molecule has 2 N–H and O–H groups in total. The molecule has 0 amide bonds. The summed E-state index contributed by atoms with van der Waals surface area (Å²) in [6.07, 6.45) is 0. The minimum atomic E-state index is 0.198. The highest BCUT2D eigenvalue weighted by atomic mass is 16.5. The van der Waals surface area contributed by atoms with Gasteiger partial charge in [-0.05, 0) is 24.6 Å². The molecule has 0 spiro atoms. The number of rotatable bonds is 6. The second-order valence-electron chi connectivity index (χ2n) is 4.74. The summed E-state index contributed by atoms with van der Waals surface area (Å²) in [5.74, 6) is 1.53. The molecule has 0 radical (unpaired) electrons. The Bertz CT molecular complexity index is 420. The standard InChI is InChI=1S/C15H24N2O3/c1-3-20-15-10-12(4-5-14(15)18-2)13(11-16)17-6-8-19-9-7-17/h4-5,10,13H,3,6-9,11,16H2,1-2H3. The Kier molecular flexibility index (Phi) is 5.64. The maximum Gasteiger partial charge on any atom is 0.161 e. The third kappa shape index (κ3) is 3.42. The minimum Gasteiger partial charge on any atom is -0.493 e. The largest absolute Gasteiger partial charge is 0.493 e. The van der Waals surface area contributed by atoms with Gasteiger partial charge in [0.1, 0.15) is 0 Å². The molecule has 1 aromatic carbocycles. The van der Waals surface area contributed by atoms with E-state index in [0.717, 1.165) is 37.8 Å². The van der Waals surface area contributed by atoms with Crippen molar-refractivity contribution < 1.29 is 14.2 Å². The first-order valence-corrected chi connectivity index (χ1v) is 7.12. The van der Waals surface area contributed by atoms with Crippen LogP contribution in [0, 0.1) is 0 Å². The molecule has 1 saturated heterocycles. The van der Waals surface area contributed by atoms with Crippen molar-refractivity contribution in [2.24, 2.45) is 5.73 Å². The predicted molar refractivity (Wildman–Crippen MR) is 78.4 cm³/mol. The van der Waals surface area contributed by atoms with E-state index >= 15 is 0 Å². The number of benzene rings is 1. The van der Waals surface area contributed by atoms with E-state index in [0.29, 0.717) is 13.2 Å². The fourth-order valence-corrected chi connectivity index (χ4v) is 2.55. The number of hydrogen-bond acceptors (Lipinski definition) is 5. The molecule has 1 fully saturated rings. The van der Waals surface area contributed by atoms with Gasteiger partial charge in [0.25, 0.3) is 0 Å². The summed E-state index contributed by atoms with van der Waals surface area (Å²) in [7, 11) is 1.65. The molecule has 5 nitrogen and oxygen atoms in total. The molecule has 1 aliphatic rings. The molecule has 20 heavy (non-hydrogen) atoms. The van der Waals surface area contributed by atoms with Gasteiger partial charge in [0.15, 0.2) is 11.5 Å². The Morgan fingerprint density at radius 2 is 2.05 bits per heavy atom. The Balaban J connectivity index is 2.22. The van der Waals surface area contributed by atoms with Gasteiger partial charge in [0.2, 0.25) is 0 Å². The molecule has 1 aliphatic heterocycles. The quantitative estimate of drug-likeness (QED) is 0.854. The second-order valence-corrected chi connectivity index (χ2v) is 4.74. The fourth-order valence-electron chi connectivity index (χ4n) is 2.55. The van der Waals surface area contributed by atoms with Crippen LogP contribution in [0.3, 0.4) is 0 Å². The van der Waals surface area contributed by atoms with E-state index in [9.17, 15) is 0 Å². The molecule has 5 heteroatoms. The van der Waals surface area contributed by atoms with Gasteiger partial charge in [0.05, 0.1) is 26.9 Å². The number of nitrogens with zero attached hydrogens (tertiary/aromatic N) is 1. The van der Waals surface area contributed by atoms with Crippen LogP contribution < -0.4 is 15.2 Å². The number of morpholine rings is 1. The molecule has 0 aromatic heterocycles. The lowest BCUT2D eigenvalue weighted by atomic mass is 10.0. The minimum absolute atomic E-state index is 0.198. The zero-order valence-electron chi connectivity index (χ0n) is 12.3. The van der Waals surface area contributed by atoms with Gasteiger partial charge in [0, 0.05) is 25.7 Å². The first-order chi connectivity index (χ1) is 9.80. The van der Waals surface area contributed by atoms with Crippen molar-refractivity contribution in [2.45, 2.75) is 13.0 Å². The van der Waals surface area contributed by atoms with Crippen LogP contribution in [0.4, 0.5) is 0 Å². The normalized spacial score (nSPS) is 17.8. The van der Waals surface area contributed by atoms with Gasteiger partial charge in [-0.2, -0.15) is 0 Å². The number of nitrogens with two attached hydrogens (primary N) is 1. The third-order valence-corrected chi connectivity index (χ3v) is 3.58. The third-order valence-electron chi connectivity index (χ3n) is 3.58. The molecule has 0 aliphatic carbocycles. The van der Waals surface area contributed by atoms with Crippen LogP contribution in [-0.2, 0) is 4.74 Å². The second kappa shape index (κ2) is 7.47. The topological polar surface area (TPSA) is 57.0 Å². The zero-order chi connectivity index (χ0) is 14.4. The van der Waals surface area contributed by atoms with Crippen LogP contribution in [0.1, 0.15) is 18.5 Å². The van der Waals surface area contributed by atoms with Crippen LogP contribution >= 0.6 is 0 Å². The van der Waals surface area contributed by atoms with Crippen LogP contribution in [0.15, 0.2) is 18.2 Å². The molecule has 1 atom stereocenters. The summed E-state index contributed by atoms with van der Waals surface area (Å²) in [5.41, 5.74) is 7.14. The first kappa shape index (κ1) is 15.1. The van der Waals surface area contributed by atoms with Crippen LogP contribution in [-0.4, -0.2) is 51.5 Å². The molecule has 2 rings (SSSR count). The molecular weight excluding hydrogens is 256 g/mol. The lowest BCUT2D eigenvalue weighted by Crippen LogP contribution is -2.41.